The highest BCUT2D eigenvalue weighted by atomic mass is 16.5. The van der Waals surface area contributed by atoms with Crippen molar-refractivity contribution in [1.29, 1.82) is 0 Å². The molecule has 2 atom stereocenters. The van der Waals surface area contributed by atoms with Gasteiger partial charge >= 0.3 is 0 Å². The van der Waals surface area contributed by atoms with Crippen molar-refractivity contribution in [1.82, 2.24) is 25.3 Å². The van der Waals surface area contributed by atoms with Gasteiger partial charge in [0.25, 0.3) is 0 Å². The quantitative estimate of drug-likeness (QED) is 0.907. The number of hydrogen-bond acceptors (Lipinski definition) is 6. The summed E-state index contributed by atoms with van der Waals surface area (Å²) in [5.41, 5.74) is 0.887. The van der Waals surface area contributed by atoms with Crippen LogP contribution in [0.5, 0.6) is 0 Å². The molecule has 7 nitrogen and oxygen atoms in total. The first-order valence-corrected chi connectivity index (χ1v) is 9.45. The summed E-state index contributed by atoms with van der Waals surface area (Å²) in [6.07, 6.45) is 9.87. The number of rotatable bonds is 4. The first-order chi connectivity index (χ1) is 12.7. The molecule has 1 N–H and O–H groups in total. The van der Waals surface area contributed by atoms with Crippen LogP contribution in [-0.2, 0) is 4.79 Å². The van der Waals surface area contributed by atoms with Gasteiger partial charge < -0.3 is 9.84 Å². The minimum Gasteiger partial charge on any atom is -0.352 e. The maximum atomic E-state index is 12.5. The number of carbonyl (C=O) groups is 1. The highest BCUT2D eigenvalue weighted by Gasteiger charge is 2.36. The molecule has 0 radical (unpaired) electrons. The molecule has 2 aromatic rings. The van der Waals surface area contributed by atoms with Gasteiger partial charge in [0.1, 0.15) is 0 Å². The lowest BCUT2D eigenvalue weighted by molar-refractivity contribution is -0.126. The Labute approximate surface area is 153 Å². The smallest absolute Gasteiger partial charge is 0.244 e. The van der Waals surface area contributed by atoms with Crippen LogP contribution in [0.25, 0.3) is 11.4 Å². The number of pyridine rings is 1. The van der Waals surface area contributed by atoms with E-state index in [1.165, 1.54) is 19.3 Å². The van der Waals surface area contributed by atoms with Gasteiger partial charge in [-0.15, -0.1) is 0 Å². The molecule has 26 heavy (non-hydrogen) atoms. The van der Waals surface area contributed by atoms with Crippen molar-refractivity contribution in [3.05, 3.63) is 30.4 Å². The first kappa shape index (κ1) is 17.1. The van der Waals surface area contributed by atoms with Crippen LogP contribution in [0.1, 0.15) is 50.5 Å². The summed E-state index contributed by atoms with van der Waals surface area (Å²) < 4.78 is 5.51. The van der Waals surface area contributed by atoms with Crippen LogP contribution in [-0.4, -0.2) is 45.6 Å². The van der Waals surface area contributed by atoms with Gasteiger partial charge in [0.05, 0.1) is 6.04 Å². The summed E-state index contributed by atoms with van der Waals surface area (Å²) in [6, 6.07) is 3.89. The molecule has 1 saturated heterocycles. The van der Waals surface area contributed by atoms with E-state index in [0.29, 0.717) is 11.7 Å². The molecule has 138 valence electrons. The zero-order valence-electron chi connectivity index (χ0n) is 15.1. The first-order valence-electron chi connectivity index (χ1n) is 9.45. The van der Waals surface area contributed by atoms with Crippen molar-refractivity contribution in [3.63, 3.8) is 0 Å². The Balaban J connectivity index is 1.39. The van der Waals surface area contributed by atoms with Gasteiger partial charge in [-0.2, -0.15) is 4.98 Å². The number of carbonyl (C=O) groups excluding carboxylic acids is 1. The molecule has 2 fully saturated rings. The SMILES string of the molecule is CN1C[C@@H](NC(=O)C2CCCCC2)C[C@H]1c1nc(-c2ccncc2)no1. The zero-order chi connectivity index (χ0) is 17.9. The average molecular weight is 355 g/mol. The van der Waals surface area contributed by atoms with Crippen LogP contribution in [0.2, 0.25) is 0 Å². The molecule has 0 bridgehead atoms. The second-order valence-corrected chi connectivity index (χ2v) is 7.42. The van der Waals surface area contributed by atoms with Crippen molar-refractivity contribution in [2.45, 2.75) is 50.6 Å². The monoisotopic (exact) mass is 355 g/mol. The third-order valence-corrected chi connectivity index (χ3v) is 5.54. The van der Waals surface area contributed by atoms with E-state index in [-0.39, 0.29) is 23.9 Å². The Hall–Kier alpha value is -2.28. The molecule has 0 unspecified atom stereocenters. The van der Waals surface area contributed by atoms with Crippen LogP contribution in [0.3, 0.4) is 0 Å². The van der Waals surface area contributed by atoms with Gasteiger partial charge in [-0.3, -0.25) is 14.7 Å². The summed E-state index contributed by atoms with van der Waals surface area (Å²) >= 11 is 0. The molecular formula is C19H25N5O2. The molecule has 1 aliphatic carbocycles. The standard InChI is InChI=1S/C19H25N5O2/c1-24-12-15(21-18(25)14-5-3-2-4-6-14)11-16(24)19-22-17(23-26-19)13-7-9-20-10-8-13/h7-10,14-16H,2-6,11-12H2,1H3,(H,21,25)/t15-,16-/m0/s1. The Morgan fingerprint density at radius 1 is 1.23 bits per heavy atom. The Morgan fingerprint density at radius 3 is 2.77 bits per heavy atom. The van der Waals surface area contributed by atoms with Crippen molar-refractivity contribution in [2.24, 2.45) is 5.92 Å². The fraction of sp³-hybridized carbons (Fsp3) is 0.579. The normalized spacial score (nSPS) is 24.7. The highest BCUT2D eigenvalue weighted by Crippen LogP contribution is 2.31. The molecule has 0 spiro atoms. The molecule has 1 amide bonds. The summed E-state index contributed by atoms with van der Waals surface area (Å²) in [5, 5.41) is 7.34. The maximum absolute atomic E-state index is 12.5. The number of hydrogen-bond donors (Lipinski definition) is 1. The van der Waals surface area contributed by atoms with E-state index in [9.17, 15) is 4.79 Å². The number of nitrogens with one attached hydrogen (secondary N) is 1. The number of aromatic nitrogens is 3. The lowest BCUT2D eigenvalue weighted by atomic mass is 9.88. The fourth-order valence-electron chi connectivity index (χ4n) is 4.07. The van der Waals surface area contributed by atoms with E-state index in [1.54, 1.807) is 12.4 Å². The Kier molecular flexibility index (Phi) is 4.97. The topological polar surface area (TPSA) is 84.2 Å². The average Bonchev–Trinajstić information content (AvgIpc) is 3.30. The Bertz CT molecular complexity index is 741. The van der Waals surface area contributed by atoms with E-state index in [0.717, 1.165) is 31.4 Å². The van der Waals surface area contributed by atoms with Gasteiger partial charge in [-0.05, 0) is 38.4 Å². The minimum atomic E-state index is 0.0368. The van der Waals surface area contributed by atoms with Crippen molar-refractivity contribution in [2.75, 3.05) is 13.6 Å². The van der Waals surface area contributed by atoms with E-state index in [2.05, 4.69) is 25.3 Å². The van der Waals surface area contributed by atoms with Gasteiger partial charge in [0.15, 0.2) is 0 Å². The van der Waals surface area contributed by atoms with Gasteiger partial charge in [0, 0.05) is 36.5 Å². The lowest BCUT2D eigenvalue weighted by Crippen LogP contribution is -2.40. The number of likely N-dealkylation sites (N-methyl/N-ethyl adjacent to an activating group) is 1. The second kappa shape index (κ2) is 7.53. The molecule has 1 saturated carbocycles. The largest absolute Gasteiger partial charge is 0.352 e. The van der Waals surface area contributed by atoms with Crippen LogP contribution < -0.4 is 5.32 Å². The van der Waals surface area contributed by atoms with Crippen molar-refractivity contribution in [3.8, 4) is 11.4 Å². The van der Waals surface area contributed by atoms with E-state index >= 15 is 0 Å². The zero-order valence-corrected chi connectivity index (χ0v) is 15.1. The molecule has 4 rings (SSSR count). The third kappa shape index (κ3) is 3.62. The van der Waals surface area contributed by atoms with Gasteiger partial charge in [-0.25, -0.2) is 0 Å². The summed E-state index contributed by atoms with van der Waals surface area (Å²) in [6.45, 7) is 0.802. The predicted octanol–water partition coefficient (Wildman–Crippen LogP) is 2.57. The third-order valence-electron chi connectivity index (χ3n) is 5.54. The molecule has 1 aliphatic heterocycles. The summed E-state index contributed by atoms with van der Waals surface area (Å²) in [7, 11) is 2.04. The van der Waals surface area contributed by atoms with Crippen molar-refractivity contribution < 1.29 is 9.32 Å². The van der Waals surface area contributed by atoms with Crippen LogP contribution >= 0.6 is 0 Å². The lowest BCUT2D eigenvalue weighted by Gasteiger charge is -2.22. The van der Waals surface area contributed by atoms with Crippen LogP contribution in [0, 0.1) is 5.92 Å². The van der Waals surface area contributed by atoms with Gasteiger partial charge in [-0.1, -0.05) is 24.4 Å². The molecule has 7 heteroatoms. The molecule has 2 aromatic heterocycles. The molecule has 2 aliphatic rings. The summed E-state index contributed by atoms with van der Waals surface area (Å²) in [4.78, 5) is 23.2. The van der Waals surface area contributed by atoms with E-state index in [4.69, 9.17) is 4.52 Å². The minimum absolute atomic E-state index is 0.0368. The van der Waals surface area contributed by atoms with Crippen LogP contribution in [0.4, 0.5) is 0 Å². The highest BCUT2D eigenvalue weighted by molar-refractivity contribution is 5.79. The van der Waals surface area contributed by atoms with Crippen LogP contribution in [0.15, 0.2) is 29.0 Å². The van der Waals surface area contributed by atoms with E-state index in [1.807, 2.05) is 19.2 Å². The number of amides is 1. The molecule has 3 heterocycles. The summed E-state index contributed by atoms with van der Waals surface area (Å²) in [5.74, 6) is 1.58. The number of likely N-dealkylation sites (tertiary alicyclic amines) is 1. The maximum Gasteiger partial charge on any atom is 0.244 e. The molecule has 0 aromatic carbocycles. The predicted molar refractivity (Wildman–Crippen MR) is 96.0 cm³/mol. The fourth-order valence-corrected chi connectivity index (χ4v) is 4.07. The second-order valence-electron chi connectivity index (χ2n) is 7.42. The molecular weight excluding hydrogens is 330 g/mol. The number of nitrogens with zero attached hydrogens (tertiary/aromatic N) is 4. The Morgan fingerprint density at radius 2 is 2.00 bits per heavy atom. The van der Waals surface area contributed by atoms with Crippen molar-refractivity contribution >= 4 is 5.91 Å². The van der Waals surface area contributed by atoms with Gasteiger partial charge in [0.2, 0.25) is 17.6 Å². The van der Waals surface area contributed by atoms with E-state index < -0.39 is 0 Å².